The van der Waals surface area contributed by atoms with Gasteiger partial charge in [-0.05, 0) is 29.2 Å². The number of phenolic OH excluding ortho intramolecular Hbond substituents is 1. The second-order valence-electron chi connectivity index (χ2n) is 4.95. The third-order valence-electron chi connectivity index (χ3n) is 3.65. The van der Waals surface area contributed by atoms with Crippen LogP contribution in [0.25, 0.3) is 0 Å². The van der Waals surface area contributed by atoms with Gasteiger partial charge in [-0.3, -0.25) is 4.79 Å². The van der Waals surface area contributed by atoms with Crippen LogP contribution in [0.2, 0.25) is 0 Å². The zero-order chi connectivity index (χ0) is 15.4. The number of benzene rings is 2. The molecule has 0 aliphatic rings. The van der Waals surface area contributed by atoms with E-state index in [2.05, 4.69) is 0 Å². The Bertz CT molecular complexity index is 622. The summed E-state index contributed by atoms with van der Waals surface area (Å²) in [4.78, 5) is 11.7. The summed E-state index contributed by atoms with van der Waals surface area (Å²) >= 11 is 0. The van der Waals surface area contributed by atoms with Crippen molar-refractivity contribution in [1.82, 2.24) is 0 Å². The van der Waals surface area contributed by atoms with Gasteiger partial charge in [-0.15, -0.1) is 0 Å². The molecule has 21 heavy (non-hydrogen) atoms. The van der Waals surface area contributed by atoms with Gasteiger partial charge >= 0.3 is 5.97 Å². The van der Waals surface area contributed by atoms with E-state index in [-0.39, 0.29) is 17.4 Å². The van der Waals surface area contributed by atoms with Crippen molar-refractivity contribution in [3.8, 4) is 11.5 Å². The molecule has 0 fully saturated rings. The van der Waals surface area contributed by atoms with Gasteiger partial charge in [0.25, 0.3) is 0 Å². The summed E-state index contributed by atoms with van der Waals surface area (Å²) in [5.41, 5.74) is 1.56. The second-order valence-corrected chi connectivity index (χ2v) is 4.95. The predicted octanol–water partition coefficient (Wildman–Crippen LogP) is 3.37. The average Bonchev–Trinajstić information content (AvgIpc) is 2.49. The van der Waals surface area contributed by atoms with Gasteiger partial charge in [-0.1, -0.05) is 43.3 Å². The molecule has 0 radical (unpaired) electrons. The minimum absolute atomic E-state index is 0.00208. The Balaban J connectivity index is 2.42. The number of hydrogen-bond acceptors (Lipinski definition) is 3. The summed E-state index contributed by atoms with van der Waals surface area (Å²) < 4.78 is 5.06. The number of carboxylic acid groups (broad SMARTS) is 1. The predicted molar refractivity (Wildman–Crippen MR) is 79.9 cm³/mol. The fourth-order valence-corrected chi connectivity index (χ4v) is 2.48. The molecule has 0 saturated heterocycles. The summed E-state index contributed by atoms with van der Waals surface area (Å²) in [6.45, 7) is 1.88. The Morgan fingerprint density at radius 1 is 1.10 bits per heavy atom. The molecule has 0 amide bonds. The van der Waals surface area contributed by atoms with Crippen LogP contribution in [0.4, 0.5) is 0 Å². The number of ether oxygens (including phenoxy) is 1. The maximum absolute atomic E-state index is 11.7. The largest absolute Gasteiger partial charge is 0.504 e. The summed E-state index contributed by atoms with van der Waals surface area (Å²) in [7, 11) is 1.44. The van der Waals surface area contributed by atoms with Gasteiger partial charge in [-0.25, -0.2) is 0 Å². The lowest BCUT2D eigenvalue weighted by Crippen LogP contribution is -2.18. The van der Waals surface area contributed by atoms with Crippen molar-refractivity contribution < 1.29 is 19.7 Å². The number of phenols is 1. The molecule has 0 aliphatic heterocycles. The quantitative estimate of drug-likeness (QED) is 0.884. The summed E-state index contributed by atoms with van der Waals surface area (Å²) in [6, 6.07) is 14.2. The number of carbonyl (C=O) groups is 1. The fraction of sp³-hybridized carbons (Fsp3) is 0.235. The van der Waals surface area contributed by atoms with Gasteiger partial charge in [0.2, 0.25) is 0 Å². The molecule has 2 atom stereocenters. The van der Waals surface area contributed by atoms with Crippen molar-refractivity contribution in [3.63, 3.8) is 0 Å². The highest BCUT2D eigenvalue weighted by molar-refractivity contribution is 5.78. The Hall–Kier alpha value is -2.49. The number of hydrogen-bond donors (Lipinski definition) is 2. The fourth-order valence-electron chi connectivity index (χ4n) is 2.48. The molecule has 2 unspecified atom stereocenters. The first kappa shape index (κ1) is 14.9. The van der Waals surface area contributed by atoms with Gasteiger partial charge in [0.1, 0.15) is 0 Å². The molecule has 0 bridgehead atoms. The van der Waals surface area contributed by atoms with Gasteiger partial charge in [0.05, 0.1) is 13.0 Å². The van der Waals surface area contributed by atoms with Crippen LogP contribution in [0.3, 0.4) is 0 Å². The van der Waals surface area contributed by atoms with Crippen LogP contribution in [0.15, 0.2) is 48.5 Å². The lowest BCUT2D eigenvalue weighted by atomic mass is 9.82. The molecule has 0 heterocycles. The Kier molecular flexibility index (Phi) is 4.48. The molecular weight excluding hydrogens is 268 g/mol. The van der Waals surface area contributed by atoms with Crippen molar-refractivity contribution in [3.05, 3.63) is 59.7 Å². The van der Waals surface area contributed by atoms with Crippen molar-refractivity contribution in [2.45, 2.75) is 18.8 Å². The van der Waals surface area contributed by atoms with Crippen LogP contribution >= 0.6 is 0 Å². The third kappa shape index (κ3) is 3.16. The van der Waals surface area contributed by atoms with E-state index >= 15 is 0 Å². The van der Waals surface area contributed by atoms with Gasteiger partial charge < -0.3 is 14.9 Å². The zero-order valence-electron chi connectivity index (χ0n) is 12.0. The molecule has 4 nitrogen and oxygen atoms in total. The number of aromatic hydroxyl groups is 1. The summed E-state index contributed by atoms with van der Waals surface area (Å²) in [5, 5.41) is 19.2. The number of carboxylic acids is 1. The normalized spacial score (nSPS) is 13.4. The lowest BCUT2D eigenvalue weighted by Gasteiger charge is -2.21. The zero-order valence-corrected chi connectivity index (χ0v) is 12.0. The molecule has 0 aromatic heterocycles. The van der Waals surface area contributed by atoms with Crippen LogP contribution in [0.5, 0.6) is 11.5 Å². The first-order valence-electron chi connectivity index (χ1n) is 6.69. The molecule has 2 rings (SSSR count). The maximum atomic E-state index is 11.7. The van der Waals surface area contributed by atoms with Crippen LogP contribution in [-0.4, -0.2) is 23.3 Å². The van der Waals surface area contributed by atoms with Crippen molar-refractivity contribution in [2.75, 3.05) is 7.11 Å². The van der Waals surface area contributed by atoms with E-state index in [9.17, 15) is 15.0 Å². The van der Waals surface area contributed by atoms with Crippen molar-refractivity contribution in [1.29, 1.82) is 0 Å². The van der Waals surface area contributed by atoms with E-state index in [1.807, 2.05) is 37.3 Å². The van der Waals surface area contributed by atoms with E-state index in [1.165, 1.54) is 13.2 Å². The van der Waals surface area contributed by atoms with E-state index in [4.69, 9.17) is 4.74 Å². The summed E-state index contributed by atoms with van der Waals surface area (Å²) in [5.74, 6) is -1.53. The van der Waals surface area contributed by atoms with Crippen LogP contribution < -0.4 is 4.74 Å². The van der Waals surface area contributed by atoms with E-state index in [1.54, 1.807) is 12.1 Å². The first-order valence-corrected chi connectivity index (χ1v) is 6.69. The molecule has 0 aliphatic carbocycles. The molecular formula is C17H18O4. The molecule has 2 N–H and O–H groups in total. The SMILES string of the molecule is COc1cc(C(C(=O)O)C(C)c2ccccc2)ccc1O. The van der Waals surface area contributed by atoms with Gasteiger partial charge in [-0.2, -0.15) is 0 Å². The van der Waals surface area contributed by atoms with Crippen molar-refractivity contribution in [2.24, 2.45) is 0 Å². The number of methoxy groups -OCH3 is 1. The Labute approximate surface area is 123 Å². The highest BCUT2D eigenvalue weighted by atomic mass is 16.5. The third-order valence-corrected chi connectivity index (χ3v) is 3.65. The van der Waals surface area contributed by atoms with Crippen LogP contribution in [0, 0.1) is 0 Å². The topological polar surface area (TPSA) is 66.8 Å². The van der Waals surface area contributed by atoms with E-state index < -0.39 is 11.9 Å². The molecule has 110 valence electrons. The van der Waals surface area contributed by atoms with E-state index in [0.717, 1.165) is 5.56 Å². The second kappa shape index (κ2) is 6.31. The molecule has 0 spiro atoms. The maximum Gasteiger partial charge on any atom is 0.311 e. The lowest BCUT2D eigenvalue weighted by molar-refractivity contribution is -0.139. The monoisotopic (exact) mass is 286 g/mol. The Morgan fingerprint density at radius 3 is 2.33 bits per heavy atom. The average molecular weight is 286 g/mol. The smallest absolute Gasteiger partial charge is 0.311 e. The van der Waals surface area contributed by atoms with Crippen LogP contribution in [-0.2, 0) is 4.79 Å². The molecule has 2 aromatic carbocycles. The van der Waals surface area contributed by atoms with Crippen LogP contribution in [0.1, 0.15) is 29.9 Å². The highest BCUT2D eigenvalue weighted by Gasteiger charge is 2.28. The number of rotatable bonds is 5. The van der Waals surface area contributed by atoms with Crippen molar-refractivity contribution >= 4 is 5.97 Å². The summed E-state index contributed by atoms with van der Waals surface area (Å²) in [6.07, 6.45) is 0. The molecule has 2 aromatic rings. The van der Waals surface area contributed by atoms with Gasteiger partial charge in [0.15, 0.2) is 11.5 Å². The van der Waals surface area contributed by atoms with Gasteiger partial charge in [0, 0.05) is 0 Å². The van der Waals surface area contributed by atoms with E-state index in [0.29, 0.717) is 5.56 Å². The minimum Gasteiger partial charge on any atom is -0.504 e. The molecule has 4 heteroatoms. The number of aliphatic carboxylic acids is 1. The first-order chi connectivity index (χ1) is 10.0. The standard InChI is InChI=1S/C17H18O4/c1-11(12-6-4-3-5-7-12)16(17(19)20)13-8-9-14(18)15(10-13)21-2/h3-11,16,18H,1-2H3,(H,19,20). The Morgan fingerprint density at radius 2 is 1.76 bits per heavy atom. The highest BCUT2D eigenvalue weighted by Crippen LogP contribution is 2.36. The molecule has 0 saturated carbocycles. The minimum atomic E-state index is -0.904.